The molecule has 0 aromatic carbocycles. The maximum absolute atomic E-state index is 6.47. The van der Waals surface area contributed by atoms with Crippen LogP contribution in [-0.2, 0) is 5.41 Å². The molecule has 88 valence electrons. The van der Waals surface area contributed by atoms with Gasteiger partial charge in [-0.05, 0) is 29.9 Å². The largest absolute Gasteiger partial charge is 0.355 e. The molecule has 0 unspecified atom stereocenters. The smallest absolute Gasteiger partial charge is 0.147 e. The third kappa shape index (κ3) is 2.17. The molecule has 0 saturated carbocycles. The van der Waals surface area contributed by atoms with Crippen molar-refractivity contribution in [2.24, 2.45) is 0 Å². The van der Waals surface area contributed by atoms with Gasteiger partial charge in [0.05, 0.1) is 5.02 Å². The summed E-state index contributed by atoms with van der Waals surface area (Å²) in [6.07, 6.45) is 4.37. The topological polar surface area (TPSA) is 16.1 Å². The maximum atomic E-state index is 6.47. The van der Waals surface area contributed by atoms with Gasteiger partial charge in [-0.25, -0.2) is 4.98 Å². The summed E-state index contributed by atoms with van der Waals surface area (Å²) < 4.78 is 0. The van der Waals surface area contributed by atoms with E-state index in [1.165, 1.54) is 18.4 Å². The Labute approximate surface area is 103 Å². The van der Waals surface area contributed by atoms with E-state index in [9.17, 15) is 0 Å². The number of hydrogen-bond donors (Lipinski definition) is 0. The Kier molecular flexibility index (Phi) is 3.11. The van der Waals surface area contributed by atoms with Crippen LogP contribution in [0.25, 0.3) is 0 Å². The molecule has 2 nitrogen and oxygen atoms in total. The lowest BCUT2D eigenvalue weighted by Gasteiger charge is -2.24. The molecule has 2 heterocycles. The third-order valence-corrected chi connectivity index (χ3v) is 3.46. The van der Waals surface area contributed by atoms with Gasteiger partial charge in [-0.15, -0.1) is 0 Å². The van der Waals surface area contributed by atoms with Gasteiger partial charge in [0.1, 0.15) is 5.82 Å². The molecule has 0 N–H and O–H groups in total. The Morgan fingerprint density at radius 1 is 1.25 bits per heavy atom. The number of halogens is 1. The van der Waals surface area contributed by atoms with Gasteiger partial charge in [0.2, 0.25) is 0 Å². The minimum Gasteiger partial charge on any atom is -0.355 e. The standard InChI is InChI=1S/C13H19ClN2/c1-13(2,3)10-6-7-15-12(11(10)14)16-8-4-5-9-16/h6-7H,4-5,8-9H2,1-3H3. The first-order valence-electron chi connectivity index (χ1n) is 5.90. The summed E-state index contributed by atoms with van der Waals surface area (Å²) in [6, 6.07) is 2.03. The van der Waals surface area contributed by atoms with E-state index in [4.69, 9.17) is 11.6 Å². The number of pyridine rings is 1. The van der Waals surface area contributed by atoms with Crippen LogP contribution in [0, 0.1) is 0 Å². The van der Waals surface area contributed by atoms with Gasteiger partial charge in [-0.2, -0.15) is 0 Å². The first-order chi connectivity index (χ1) is 7.50. The van der Waals surface area contributed by atoms with E-state index in [1.54, 1.807) is 0 Å². The van der Waals surface area contributed by atoms with Crippen molar-refractivity contribution in [3.8, 4) is 0 Å². The van der Waals surface area contributed by atoms with Crippen molar-refractivity contribution >= 4 is 17.4 Å². The van der Waals surface area contributed by atoms with Crippen molar-refractivity contribution in [1.29, 1.82) is 0 Å². The minimum absolute atomic E-state index is 0.0779. The molecular formula is C13H19ClN2. The Morgan fingerprint density at radius 2 is 1.88 bits per heavy atom. The highest BCUT2D eigenvalue weighted by Gasteiger charge is 2.23. The molecule has 0 spiro atoms. The quantitative estimate of drug-likeness (QED) is 0.743. The number of rotatable bonds is 1. The molecule has 0 bridgehead atoms. The van der Waals surface area contributed by atoms with E-state index in [1.807, 2.05) is 12.3 Å². The first kappa shape index (κ1) is 11.7. The number of anilines is 1. The summed E-state index contributed by atoms with van der Waals surface area (Å²) in [4.78, 5) is 6.72. The van der Waals surface area contributed by atoms with Gasteiger partial charge in [0.25, 0.3) is 0 Å². The van der Waals surface area contributed by atoms with Crippen LogP contribution >= 0.6 is 11.6 Å². The average Bonchev–Trinajstić information content (AvgIpc) is 2.69. The summed E-state index contributed by atoms with van der Waals surface area (Å²) in [6.45, 7) is 8.71. The van der Waals surface area contributed by atoms with Crippen LogP contribution in [0.15, 0.2) is 12.3 Å². The second-order valence-electron chi connectivity index (χ2n) is 5.44. The molecular weight excluding hydrogens is 220 g/mol. The van der Waals surface area contributed by atoms with Crippen LogP contribution < -0.4 is 4.90 Å². The summed E-state index contributed by atoms with van der Waals surface area (Å²) >= 11 is 6.47. The van der Waals surface area contributed by atoms with Gasteiger partial charge in [0, 0.05) is 19.3 Å². The predicted molar refractivity (Wildman–Crippen MR) is 69.4 cm³/mol. The van der Waals surface area contributed by atoms with Crippen LogP contribution in [0.3, 0.4) is 0 Å². The van der Waals surface area contributed by atoms with Crippen molar-refractivity contribution in [3.63, 3.8) is 0 Å². The number of aromatic nitrogens is 1. The molecule has 2 rings (SSSR count). The molecule has 0 radical (unpaired) electrons. The van der Waals surface area contributed by atoms with Gasteiger partial charge >= 0.3 is 0 Å². The lowest BCUT2D eigenvalue weighted by Crippen LogP contribution is -2.21. The van der Waals surface area contributed by atoms with Gasteiger partial charge in [-0.1, -0.05) is 32.4 Å². The summed E-state index contributed by atoms with van der Waals surface area (Å²) in [5, 5.41) is 0.830. The van der Waals surface area contributed by atoms with Crippen LogP contribution in [-0.4, -0.2) is 18.1 Å². The fraction of sp³-hybridized carbons (Fsp3) is 0.615. The summed E-state index contributed by atoms with van der Waals surface area (Å²) in [5.41, 5.74) is 1.26. The van der Waals surface area contributed by atoms with Gasteiger partial charge in [0.15, 0.2) is 0 Å². The zero-order chi connectivity index (χ0) is 11.8. The van der Waals surface area contributed by atoms with Crippen LogP contribution in [0.2, 0.25) is 5.02 Å². The first-order valence-corrected chi connectivity index (χ1v) is 6.28. The van der Waals surface area contributed by atoms with E-state index < -0.39 is 0 Å². The number of hydrogen-bond acceptors (Lipinski definition) is 2. The summed E-state index contributed by atoms with van der Waals surface area (Å²) in [5.74, 6) is 0.964. The van der Waals surface area contributed by atoms with Crippen molar-refractivity contribution < 1.29 is 0 Å². The molecule has 1 aliphatic rings. The third-order valence-electron chi connectivity index (χ3n) is 3.08. The molecule has 0 atom stereocenters. The normalized spacial score (nSPS) is 16.9. The summed E-state index contributed by atoms with van der Waals surface area (Å²) in [7, 11) is 0. The fourth-order valence-electron chi connectivity index (χ4n) is 2.16. The zero-order valence-electron chi connectivity index (χ0n) is 10.3. The molecule has 1 aromatic rings. The van der Waals surface area contributed by atoms with Crippen molar-refractivity contribution in [1.82, 2.24) is 4.98 Å². The van der Waals surface area contributed by atoms with Crippen LogP contribution in [0.1, 0.15) is 39.2 Å². The van der Waals surface area contributed by atoms with E-state index in [-0.39, 0.29) is 5.41 Å². The SMILES string of the molecule is CC(C)(C)c1ccnc(N2CCCC2)c1Cl. The monoisotopic (exact) mass is 238 g/mol. The minimum atomic E-state index is 0.0779. The van der Waals surface area contributed by atoms with Gasteiger partial charge in [-0.3, -0.25) is 0 Å². The van der Waals surface area contributed by atoms with Crippen molar-refractivity contribution in [3.05, 3.63) is 22.8 Å². The number of nitrogens with zero attached hydrogens (tertiary/aromatic N) is 2. The average molecular weight is 239 g/mol. The maximum Gasteiger partial charge on any atom is 0.147 e. The molecule has 1 aliphatic heterocycles. The molecule has 1 saturated heterocycles. The lowest BCUT2D eigenvalue weighted by molar-refractivity contribution is 0.589. The zero-order valence-corrected chi connectivity index (χ0v) is 11.0. The van der Waals surface area contributed by atoms with E-state index in [2.05, 4.69) is 30.7 Å². The van der Waals surface area contributed by atoms with Crippen LogP contribution in [0.4, 0.5) is 5.82 Å². The van der Waals surface area contributed by atoms with E-state index in [0.29, 0.717) is 0 Å². The molecule has 1 fully saturated rings. The highest BCUT2D eigenvalue weighted by molar-refractivity contribution is 6.33. The molecule has 3 heteroatoms. The van der Waals surface area contributed by atoms with E-state index >= 15 is 0 Å². The Bertz CT molecular complexity index is 376. The molecule has 16 heavy (non-hydrogen) atoms. The van der Waals surface area contributed by atoms with Crippen molar-refractivity contribution in [2.75, 3.05) is 18.0 Å². The van der Waals surface area contributed by atoms with E-state index in [0.717, 1.165) is 23.9 Å². The fourth-order valence-corrected chi connectivity index (χ4v) is 2.68. The second-order valence-corrected chi connectivity index (χ2v) is 5.82. The Hall–Kier alpha value is -0.760. The Morgan fingerprint density at radius 3 is 2.44 bits per heavy atom. The molecule has 1 aromatic heterocycles. The highest BCUT2D eigenvalue weighted by Crippen LogP contribution is 2.35. The lowest BCUT2D eigenvalue weighted by atomic mass is 9.87. The highest BCUT2D eigenvalue weighted by atomic mass is 35.5. The van der Waals surface area contributed by atoms with Crippen molar-refractivity contribution in [2.45, 2.75) is 39.0 Å². The Balaban J connectivity index is 2.40. The van der Waals surface area contributed by atoms with Gasteiger partial charge < -0.3 is 4.90 Å². The predicted octanol–water partition coefficient (Wildman–Crippen LogP) is 3.63. The molecule has 0 aliphatic carbocycles. The van der Waals surface area contributed by atoms with Crippen LogP contribution in [0.5, 0.6) is 0 Å². The second kappa shape index (κ2) is 4.25. The molecule has 0 amide bonds.